The van der Waals surface area contributed by atoms with Crippen LogP contribution in [0, 0.1) is 0 Å². The van der Waals surface area contributed by atoms with Crippen LogP contribution in [0.3, 0.4) is 0 Å². The number of carbonyl (C=O) groups excluding carboxylic acids is 2. The topological polar surface area (TPSA) is 99.0 Å². The minimum Gasteiger partial charge on any atom is -0.497 e. The lowest BCUT2D eigenvalue weighted by Gasteiger charge is -2.12. The molecule has 0 fully saturated rings. The number of furan rings is 1. The number of methoxy groups -OCH3 is 3. The van der Waals surface area contributed by atoms with Gasteiger partial charge in [-0.1, -0.05) is 6.07 Å². The predicted octanol–water partition coefficient (Wildman–Crippen LogP) is 3.39. The van der Waals surface area contributed by atoms with E-state index < -0.39 is 11.8 Å². The van der Waals surface area contributed by atoms with Crippen LogP contribution in [0.1, 0.15) is 21.7 Å². The Hall–Kier alpha value is -4.20. The molecule has 2 aromatic carbocycles. The summed E-state index contributed by atoms with van der Waals surface area (Å²) in [4.78, 5) is 25.6. The fraction of sp³-hybridized carbons (Fsp3) is 0.167. The number of carbonyl (C=O) groups is 2. The van der Waals surface area contributed by atoms with Gasteiger partial charge in [0.25, 0.3) is 11.8 Å². The zero-order valence-electron chi connectivity index (χ0n) is 18.0. The van der Waals surface area contributed by atoms with Gasteiger partial charge in [-0.25, -0.2) is 0 Å². The second-order valence-electron chi connectivity index (χ2n) is 6.62. The standard InChI is InChI=1S/C24H24N2O6/c1-29-18-9-7-17(8-10-18)23(27)26-20(24(28)25-15-19-5-4-12-32-19)13-16-6-11-21(30-2)22(14-16)31-3/h4-14H,15H2,1-3H3,(H,25,28)(H,26,27). The molecule has 2 N–H and O–H groups in total. The fourth-order valence-corrected chi connectivity index (χ4v) is 2.88. The molecule has 0 saturated carbocycles. The maximum atomic E-state index is 12.9. The third-order valence-electron chi connectivity index (χ3n) is 4.57. The summed E-state index contributed by atoms with van der Waals surface area (Å²) in [5.74, 6) is 1.35. The molecule has 166 valence electrons. The van der Waals surface area contributed by atoms with Gasteiger partial charge in [0.1, 0.15) is 17.2 Å². The van der Waals surface area contributed by atoms with Crippen LogP contribution in [-0.2, 0) is 11.3 Å². The molecule has 0 aliphatic heterocycles. The number of hydrogen-bond donors (Lipinski definition) is 2. The highest BCUT2D eigenvalue weighted by Gasteiger charge is 2.16. The second-order valence-corrected chi connectivity index (χ2v) is 6.62. The summed E-state index contributed by atoms with van der Waals surface area (Å²) in [6.07, 6.45) is 3.08. The van der Waals surface area contributed by atoms with Crippen LogP contribution in [0.25, 0.3) is 6.08 Å². The van der Waals surface area contributed by atoms with Gasteiger partial charge in [-0.3, -0.25) is 9.59 Å². The molecule has 32 heavy (non-hydrogen) atoms. The van der Waals surface area contributed by atoms with Crippen molar-refractivity contribution in [2.24, 2.45) is 0 Å². The maximum Gasteiger partial charge on any atom is 0.268 e. The van der Waals surface area contributed by atoms with Crippen molar-refractivity contribution < 1.29 is 28.2 Å². The average molecular weight is 436 g/mol. The van der Waals surface area contributed by atoms with E-state index in [1.807, 2.05) is 0 Å². The van der Waals surface area contributed by atoms with Gasteiger partial charge in [0, 0.05) is 5.56 Å². The molecule has 0 bridgehead atoms. The average Bonchev–Trinajstić information content (AvgIpc) is 3.35. The van der Waals surface area contributed by atoms with Crippen molar-refractivity contribution in [3.8, 4) is 17.2 Å². The van der Waals surface area contributed by atoms with E-state index in [1.54, 1.807) is 67.8 Å². The molecule has 1 heterocycles. The zero-order chi connectivity index (χ0) is 22.9. The highest BCUT2D eigenvalue weighted by atomic mass is 16.5. The first-order chi connectivity index (χ1) is 15.5. The minimum atomic E-state index is -0.474. The molecule has 0 saturated heterocycles. The SMILES string of the molecule is COc1ccc(C(=O)NC(=Cc2ccc(OC)c(OC)c2)C(=O)NCc2ccco2)cc1. The predicted molar refractivity (Wildman–Crippen MR) is 119 cm³/mol. The first-order valence-corrected chi connectivity index (χ1v) is 9.73. The maximum absolute atomic E-state index is 12.9. The quantitative estimate of drug-likeness (QED) is 0.499. The van der Waals surface area contributed by atoms with Gasteiger partial charge in [-0.05, 0) is 60.2 Å². The Morgan fingerprint density at radius 2 is 1.69 bits per heavy atom. The van der Waals surface area contributed by atoms with Crippen LogP contribution in [-0.4, -0.2) is 33.1 Å². The Bertz CT molecular complexity index is 1090. The summed E-state index contributed by atoms with van der Waals surface area (Å²) in [7, 11) is 4.60. The number of ether oxygens (including phenoxy) is 3. The van der Waals surface area contributed by atoms with Crippen molar-refractivity contribution >= 4 is 17.9 Å². The highest BCUT2D eigenvalue weighted by Crippen LogP contribution is 2.28. The van der Waals surface area contributed by atoms with Crippen LogP contribution in [0.4, 0.5) is 0 Å². The van der Waals surface area contributed by atoms with E-state index in [1.165, 1.54) is 20.5 Å². The van der Waals surface area contributed by atoms with Gasteiger partial charge in [-0.2, -0.15) is 0 Å². The number of rotatable bonds is 9. The van der Waals surface area contributed by atoms with E-state index >= 15 is 0 Å². The summed E-state index contributed by atoms with van der Waals surface area (Å²) in [6, 6.07) is 15.2. The Balaban J connectivity index is 1.86. The largest absolute Gasteiger partial charge is 0.497 e. The number of amides is 2. The second kappa shape index (κ2) is 10.7. The molecule has 0 radical (unpaired) electrons. The molecule has 0 spiro atoms. The van der Waals surface area contributed by atoms with Crippen LogP contribution >= 0.6 is 0 Å². The Labute approximate surface area is 185 Å². The van der Waals surface area contributed by atoms with Crippen LogP contribution in [0.15, 0.2) is 71.0 Å². The molecule has 0 aliphatic rings. The summed E-state index contributed by atoms with van der Waals surface area (Å²) in [5.41, 5.74) is 1.08. The van der Waals surface area contributed by atoms with Gasteiger partial charge >= 0.3 is 0 Å². The monoisotopic (exact) mass is 436 g/mol. The van der Waals surface area contributed by atoms with Crippen molar-refractivity contribution in [3.63, 3.8) is 0 Å². The highest BCUT2D eigenvalue weighted by molar-refractivity contribution is 6.05. The first-order valence-electron chi connectivity index (χ1n) is 9.73. The van der Waals surface area contributed by atoms with Gasteiger partial charge in [0.2, 0.25) is 0 Å². The van der Waals surface area contributed by atoms with Crippen LogP contribution in [0.5, 0.6) is 17.2 Å². The Kier molecular flexibility index (Phi) is 7.53. The first kappa shape index (κ1) is 22.5. The smallest absolute Gasteiger partial charge is 0.268 e. The van der Waals surface area contributed by atoms with Crippen molar-refractivity contribution in [2.75, 3.05) is 21.3 Å². The molecule has 0 unspecified atom stereocenters. The zero-order valence-corrected chi connectivity index (χ0v) is 18.0. The lowest BCUT2D eigenvalue weighted by atomic mass is 10.1. The van der Waals surface area contributed by atoms with Crippen molar-refractivity contribution in [1.82, 2.24) is 10.6 Å². The number of nitrogens with one attached hydrogen (secondary N) is 2. The Morgan fingerprint density at radius 3 is 2.31 bits per heavy atom. The summed E-state index contributed by atoms with van der Waals surface area (Å²) < 4.78 is 20.9. The molecule has 1 aromatic heterocycles. The molecule has 0 aliphatic carbocycles. The molecule has 3 rings (SSSR count). The van der Waals surface area contributed by atoms with Gasteiger partial charge in [0.05, 0.1) is 34.1 Å². The molecule has 8 nitrogen and oxygen atoms in total. The van der Waals surface area contributed by atoms with Crippen molar-refractivity contribution in [1.29, 1.82) is 0 Å². The third kappa shape index (κ3) is 5.69. The number of hydrogen-bond acceptors (Lipinski definition) is 6. The van der Waals surface area contributed by atoms with Crippen LogP contribution < -0.4 is 24.8 Å². The molecular weight excluding hydrogens is 412 g/mol. The van der Waals surface area contributed by atoms with Gasteiger partial charge in [-0.15, -0.1) is 0 Å². The summed E-state index contributed by atoms with van der Waals surface area (Å²) in [5, 5.41) is 5.42. The van der Waals surface area contributed by atoms with E-state index in [0.29, 0.717) is 34.1 Å². The van der Waals surface area contributed by atoms with Gasteiger partial charge < -0.3 is 29.3 Å². The van der Waals surface area contributed by atoms with E-state index in [4.69, 9.17) is 18.6 Å². The fourth-order valence-electron chi connectivity index (χ4n) is 2.88. The lowest BCUT2D eigenvalue weighted by molar-refractivity contribution is -0.118. The van der Waals surface area contributed by atoms with Crippen molar-refractivity contribution in [2.45, 2.75) is 6.54 Å². The molecule has 0 atom stereocenters. The van der Waals surface area contributed by atoms with Crippen molar-refractivity contribution in [3.05, 3.63) is 83.4 Å². The normalized spacial score (nSPS) is 10.9. The molecular formula is C24H24N2O6. The minimum absolute atomic E-state index is 0.0598. The summed E-state index contributed by atoms with van der Waals surface area (Å²) in [6.45, 7) is 0.174. The van der Waals surface area contributed by atoms with E-state index in [-0.39, 0.29) is 12.2 Å². The molecule has 2 amide bonds. The third-order valence-corrected chi connectivity index (χ3v) is 4.57. The molecule has 3 aromatic rings. The van der Waals surface area contributed by atoms with E-state index in [2.05, 4.69) is 10.6 Å². The van der Waals surface area contributed by atoms with E-state index in [9.17, 15) is 9.59 Å². The van der Waals surface area contributed by atoms with Gasteiger partial charge in [0.15, 0.2) is 11.5 Å². The van der Waals surface area contributed by atoms with E-state index in [0.717, 1.165) is 0 Å². The number of benzene rings is 2. The summed E-state index contributed by atoms with van der Waals surface area (Å²) >= 11 is 0. The Morgan fingerprint density at radius 1 is 0.938 bits per heavy atom. The lowest BCUT2D eigenvalue weighted by Crippen LogP contribution is -2.34. The molecule has 8 heteroatoms. The van der Waals surface area contributed by atoms with Crippen LogP contribution in [0.2, 0.25) is 0 Å².